The molecule has 2 rings (SSSR count). The maximum Gasteiger partial charge on any atom is 0.288 e. The molecule has 27 heavy (non-hydrogen) atoms. The Hall–Kier alpha value is -3.39. The second-order valence-electron chi connectivity index (χ2n) is 5.13. The molecule has 0 heterocycles. The number of halogens is 1. The van der Waals surface area contributed by atoms with Gasteiger partial charge in [0.25, 0.3) is 11.6 Å². The Labute approximate surface area is 160 Å². The number of methoxy groups -OCH3 is 1. The molecule has 0 atom stereocenters. The van der Waals surface area contributed by atoms with E-state index in [1.165, 1.54) is 25.5 Å². The number of hydrogen-bond acceptors (Lipinski definition) is 6. The number of benzene rings is 2. The maximum atomic E-state index is 12.1. The maximum absolute atomic E-state index is 12.1. The number of carbonyl (C=O) groups excluding carboxylic acids is 1. The Kier molecular flexibility index (Phi) is 6.90. The van der Waals surface area contributed by atoms with Crippen molar-refractivity contribution in [2.45, 2.75) is 0 Å². The van der Waals surface area contributed by atoms with Gasteiger partial charge in [0.05, 0.1) is 18.2 Å². The standard InChI is InChI=1S/C18H16ClN3O5/c1-3-8-27-16-7-4-12(9-17(16)26-2)11-20-21-18(23)13-5-6-14(19)15(10-13)22(24)25/h3-7,9-11H,1,8H2,2H3,(H,21,23)/b20-11-. The first kappa shape index (κ1) is 19.9. The highest BCUT2D eigenvalue weighted by molar-refractivity contribution is 6.32. The minimum absolute atomic E-state index is 0.0501. The molecule has 0 spiro atoms. The highest BCUT2D eigenvalue weighted by Gasteiger charge is 2.16. The number of nitrogens with zero attached hydrogens (tertiary/aromatic N) is 2. The topological polar surface area (TPSA) is 103 Å². The SMILES string of the molecule is C=CCOc1ccc(/C=N\NC(=O)c2ccc(Cl)c([N+](=O)[O-])c2)cc1OC. The van der Waals surface area contributed by atoms with Crippen LogP contribution in [0.5, 0.6) is 11.5 Å². The summed E-state index contributed by atoms with van der Waals surface area (Å²) in [5.74, 6) is 0.441. The van der Waals surface area contributed by atoms with E-state index in [0.717, 1.165) is 6.07 Å². The molecule has 9 heteroatoms. The number of ether oxygens (including phenoxy) is 2. The Morgan fingerprint density at radius 1 is 1.33 bits per heavy atom. The second-order valence-corrected chi connectivity index (χ2v) is 5.54. The van der Waals surface area contributed by atoms with E-state index < -0.39 is 10.8 Å². The van der Waals surface area contributed by atoms with Gasteiger partial charge in [-0.05, 0) is 35.9 Å². The quantitative estimate of drug-likeness (QED) is 0.321. The van der Waals surface area contributed by atoms with Gasteiger partial charge in [-0.2, -0.15) is 5.10 Å². The number of nitro benzene ring substituents is 1. The van der Waals surface area contributed by atoms with E-state index >= 15 is 0 Å². The lowest BCUT2D eigenvalue weighted by atomic mass is 10.2. The zero-order valence-corrected chi connectivity index (χ0v) is 15.1. The summed E-state index contributed by atoms with van der Waals surface area (Å²) in [4.78, 5) is 22.3. The number of nitrogens with one attached hydrogen (secondary N) is 1. The number of hydrazone groups is 1. The van der Waals surface area contributed by atoms with Crippen LogP contribution in [0.2, 0.25) is 5.02 Å². The number of hydrogen-bond donors (Lipinski definition) is 1. The van der Waals surface area contributed by atoms with Gasteiger partial charge in [-0.3, -0.25) is 14.9 Å². The monoisotopic (exact) mass is 389 g/mol. The fraction of sp³-hybridized carbons (Fsp3) is 0.111. The molecule has 0 radical (unpaired) electrons. The minimum Gasteiger partial charge on any atom is -0.493 e. The van der Waals surface area contributed by atoms with Crippen molar-refractivity contribution in [3.63, 3.8) is 0 Å². The van der Waals surface area contributed by atoms with Crippen LogP contribution < -0.4 is 14.9 Å². The third-order valence-corrected chi connectivity index (χ3v) is 3.65. The van der Waals surface area contributed by atoms with Crippen LogP contribution >= 0.6 is 11.6 Å². The molecule has 2 aromatic rings. The molecule has 0 aliphatic heterocycles. The first-order chi connectivity index (χ1) is 13.0. The van der Waals surface area contributed by atoms with Crippen LogP contribution in [0.25, 0.3) is 0 Å². The van der Waals surface area contributed by atoms with E-state index in [4.69, 9.17) is 21.1 Å². The molecule has 1 amide bonds. The van der Waals surface area contributed by atoms with Gasteiger partial charge in [-0.1, -0.05) is 24.3 Å². The van der Waals surface area contributed by atoms with Crippen molar-refractivity contribution in [1.29, 1.82) is 0 Å². The van der Waals surface area contributed by atoms with Crippen molar-refractivity contribution in [2.75, 3.05) is 13.7 Å². The predicted octanol–water partition coefficient (Wildman–Crippen LogP) is 3.59. The van der Waals surface area contributed by atoms with Gasteiger partial charge in [0.15, 0.2) is 11.5 Å². The number of nitro groups is 1. The minimum atomic E-state index is -0.662. The van der Waals surface area contributed by atoms with Gasteiger partial charge in [0, 0.05) is 11.6 Å². The summed E-state index contributed by atoms with van der Waals surface area (Å²) in [5, 5.41) is 14.7. The number of rotatable bonds is 8. The molecule has 0 saturated heterocycles. The molecule has 0 aromatic heterocycles. The normalized spacial score (nSPS) is 10.4. The lowest BCUT2D eigenvalue weighted by Crippen LogP contribution is -2.17. The first-order valence-electron chi connectivity index (χ1n) is 7.65. The van der Waals surface area contributed by atoms with Gasteiger partial charge >= 0.3 is 0 Å². The smallest absolute Gasteiger partial charge is 0.288 e. The van der Waals surface area contributed by atoms with Crippen molar-refractivity contribution in [3.8, 4) is 11.5 Å². The van der Waals surface area contributed by atoms with Crippen molar-refractivity contribution >= 4 is 29.4 Å². The van der Waals surface area contributed by atoms with E-state index in [9.17, 15) is 14.9 Å². The number of carbonyl (C=O) groups is 1. The Balaban J connectivity index is 2.08. The van der Waals surface area contributed by atoms with E-state index in [1.807, 2.05) is 0 Å². The van der Waals surface area contributed by atoms with Crippen LogP contribution in [0.4, 0.5) is 5.69 Å². The summed E-state index contributed by atoms with van der Waals surface area (Å²) in [5.41, 5.74) is 2.66. The molecule has 0 saturated carbocycles. The van der Waals surface area contributed by atoms with Crippen molar-refractivity contribution in [3.05, 3.63) is 75.3 Å². The first-order valence-corrected chi connectivity index (χ1v) is 8.03. The Bertz CT molecular complexity index is 899. The van der Waals surface area contributed by atoms with Gasteiger partial charge < -0.3 is 9.47 Å². The summed E-state index contributed by atoms with van der Waals surface area (Å²) in [6, 6.07) is 8.85. The predicted molar refractivity (Wildman–Crippen MR) is 102 cm³/mol. The molecule has 8 nitrogen and oxygen atoms in total. The Morgan fingerprint density at radius 2 is 2.11 bits per heavy atom. The fourth-order valence-electron chi connectivity index (χ4n) is 2.06. The second kappa shape index (κ2) is 9.35. The molecule has 1 N–H and O–H groups in total. The van der Waals surface area contributed by atoms with Gasteiger partial charge in [0.2, 0.25) is 0 Å². The molecule has 140 valence electrons. The zero-order valence-electron chi connectivity index (χ0n) is 14.3. The van der Waals surface area contributed by atoms with Gasteiger partial charge in [-0.25, -0.2) is 5.43 Å². The van der Waals surface area contributed by atoms with Crippen molar-refractivity contribution < 1.29 is 19.2 Å². The molecule has 0 aliphatic rings. The van der Waals surface area contributed by atoms with Crippen LogP contribution in [0.15, 0.2) is 54.2 Å². The summed E-state index contributed by atoms with van der Waals surface area (Å²) in [6.45, 7) is 3.92. The zero-order chi connectivity index (χ0) is 19.8. The Morgan fingerprint density at radius 3 is 2.78 bits per heavy atom. The van der Waals surface area contributed by atoms with Crippen LogP contribution in [-0.2, 0) is 0 Å². The van der Waals surface area contributed by atoms with Gasteiger partial charge in [-0.15, -0.1) is 0 Å². The van der Waals surface area contributed by atoms with Crippen molar-refractivity contribution in [2.24, 2.45) is 5.10 Å². The third kappa shape index (κ3) is 5.29. The molecule has 0 unspecified atom stereocenters. The largest absolute Gasteiger partial charge is 0.493 e. The summed E-state index contributed by atoms with van der Waals surface area (Å²) in [7, 11) is 1.51. The molecule has 0 aliphatic carbocycles. The van der Waals surface area contributed by atoms with Crippen molar-refractivity contribution in [1.82, 2.24) is 5.43 Å². The summed E-state index contributed by atoms with van der Waals surface area (Å²) in [6.07, 6.45) is 3.02. The molecule has 0 bridgehead atoms. The third-order valence-electron chi connectivity index (χ3n) is 3.33. The molecule has 0 fully saturated rings. The van der Waals surface area contributed by atoms with Crippen LogP contribution in [0, 0.1) is 10.1 Å². The van der Waals surface area contributed by atoms with E-state index in [-0.39, 0.29) is 16.3 Å². The lowest BCUT2D eigenvalue weighted by Gasteiger charge is -2.09. The van der Waals surface area contributed by atoms with Crippen LogP contribution in [0.1, 0.15) is 15.9 Å². The molecular formula is C18H16ClN3O5. The average molecular weight is 390 g/mol. The highest BCUT2D eigenvalue weighted by Crippen LogP contribution is 2.27. The average Bonchev–Trinajstić information content (AvgIpc) is 2.66. The lowest BCUT2D eigenvalue weighted by molar-refractivity contribution is -0.384. The molecule has 2 aromatic carbocycles. The van der Waals surface area contributed by atoms with Gasteiger partial charge in [0.1, 0.15) is 11.6 Å². The highest BCUT2D eigenvalue weighted by atomic mass is 35.5. The van der Waals surface area contributed by atoms with E-state index in [2.05, 4.69) is 17.1 Å². The number of amides is 1. The summed E-state index contributed by atoms with van der Waals surface area (Å²) < 4.78 is 10.7. The fourth-order valence-corrected chi connectivity index (χ4v) is 2.24. The summed E-state index contributed by atoms with van der Waals surface area (Å²) >= 11 is 5.72. The van der Waals surface area contributed by atoms with E-state index in [1.54, 1.807) is 24.3 Å². The molecular weight excluding hydrogens is 374 g/mol. The van der Waals surface area contributed by atoms with E-state index in [0.29, 0.717) is 23.7 Å². The van der Waals surface area contributed by atoms with Crippen LogP contribution in [-0.4, -0.2) is 30.8 Å². The van der Waals surface area contributed by atoms with Crippen LogP contribution in [0.3, 0.4) is 0 Å².